The number of hydrogen-bond acceptors (Lipinski definition) is 7. The molecule has 1 spiro atoms. The zero-order valence-electron chi connectivity index (χ0n) is 24.9. The molecule has 0 unspecified atom stereocenters. The maximum atomic E-state index is 15.0. The van der Waals surface area contributed by atoms with Gasteiger partial charge in [0, 0.05) is 50.9 Å². The number of halogens is 4. The standard InChI is InChI=1S/C32H37F4N5O4/c33-25-8-4-7-24(32(34,35)36)23(25)19-40-27-21-45-31(9-11-38(12-10-31)13-14-39-15-17-44-18-16-39)28(27)29(42)41(30(40)43)20-26(37)22-5-2-1-3-6-22/h1-8,26H,9-21,37H2/t26-/m0/s1. The number of piperidine rings is 1. The molecule has 242 valence electrons. The van der Waals surface area contributed by atoms with Crippen LogP contribution in [0.3, 0.4) is 0 Å². The molecule has 3 aromatic rings. The highest BCUT2D eigenvalue weighted by atomic mass is 19.4. The van der Waals surface area contributed by atoms with Crippen LogP contribution >= 0.6 is 0 Å². The van der Waals surface area contributed by atoms with Crippen molar-refractivity contribution in [3.05, 3.63) is 103 Å². The second-order valence-electron chi connectivity index (χ2n) is 12.0. The zero-order valence-corrected chi connectivity index (χ0v) is 24.9. The van der Waals surface area contributed by atoms with E-state index in [1.54, 1.807) is 24.3 Å². The number of alkyl halides is 3. The van der Waals surface area contributed by atoms with Crippen LogP contribution in [0.25, 0.3) is 0 Å². The first-order valence-corrected chi connectivity index (χ1v) is 15.3. The number of morpholine rings is 1. The third-order valence-electron chi connectivity index (χ3n) is 9.32. The molecule has 0 aliphatic carbocycles. The van der Waals surface area contributed by atoms with Crippen LogP contribution in [0, 0.1) is 5.82 Å². The van der Waals surface area contributed by atoms with E-state index in [4.69, 9.17) is 15.2 Å². The lowest BCUT2D eigenvalue weighted by Gasteiger charge is -2.39. The predicted octanol–water partition coefficient (Wildman–Crippen LogP) is 3.07. The highest BCUT2D eigenvalue weighted by Crippen LogP contribution is 2.42. The molecule has 4 heterocycles. The molecule has 2 saturated heterocycles. The van der Waals surface area contributed by atoms with Gasteiger partial charge in [-0.2, -0.15) is 13.2 Å². The summed E-state index contributed by atoms with van der Waals surface area (Å²) < 4.78 is 70.6. The molecule has 3 aliphatic rings. The van der Waals surface area contributed by atoms with Crippen molar-refractivity contribution in [2.24, 2.45) is 5.73 Å². The summed E-state index contributed by atoms with van der Waals surface area (Å²) in [5, 5.41) is 0. The van der Waals surface area contributed by atoms with Crippen molar-refractivity contribution in [3.63, 3.8) is 0 Å². The Balaban J connectivity index is 1.37. The summed E-state index contributed by atoms with van der Waals surface area (Å²) >= 11 is 0. The minimum Gasteiger partial charge on any atom is -0.379 e. The third kappa shape index (κ3) is 6.36. The molecule has 0 amide bonds. The highest BCUT2D eigenvalue weighted by molar-refractivity contribution is 5.35. The SMILES string of the molecule is N[C@@H](Cn1c(=O)c2c(n(Cc3c(F)cccc3C(F)(F)F)c1=O)COC21CCN(CCN2CCOCC2)CC1)c1ccccc1. The molecule has 0 radical (unpaired) electrons. The Morgan fingerprint density at radius 2 is 1.56 bits per heavy atom. The van der Waals surface area contributed by atoms with Crippen LogP contribution in [-0.2, 0) is 40.9 Å². The highest BCUT2D eigenvalue weighted by Gasteiger charge is 2.47. The number of ether oxygens (including phenoxy) is 2. The van der Waals surface area contributed by atoms with Gasteiger partial charge in [0.15, 0.2) is 0 Å². The number of fused-ring (bicyclic) bond motifs is 2. The third-order valence-corrected chi connectivity index (χ3v) is 9.32. The van der Waals surface area contributed by atoms with E-state index in [1.807, 2.05) is 6.07 Å². The number of nitrogens with two attached hydrogens (primary N) is 1. The number of aromatic nitrogens is 2. The molecule has 2 aromatic carbocycles. The first kappa shape index (κ1) is 31.6. The molecule has 45 heavy (non-hydrogen) atoms. The molecule has 1 atom stereocenters. The molecule has 2 N–H and O–H groups in total. The Morgan fingerprint density at radius 1 is 0.889 bits per heavy atom. The molecular formula is C32H37F4N5O4. The van der Waals surface area contributed by atoms with Crippen molar-refractivity contribution in [1.82, 2.24) is 18.9 Å². The molecule has 6 rings (SSSR count). The number of likely N-dealkylation sites (tertiary alicyclic amines) is 1. The summed E-state index contributed by atoms with van der Waals surface area (Å²) in [4.78, 5) is 32.8. The molecular weight excluding hydrogens is 594 g/mol. The Bertz CT molecular complexity index is 1630. The van der Waals surface area contributed by atoms with Gasteiger partial charge in [0.25, 0.3) is 5.56 Å². The fourth-order valence-corrected chi connectivity index (χ4v) is 6.74. The average molecular weight is 632 g/mol. The van der Waals surface area contributed by atoms with E-state index in [2.05, 4.69) is 9.80 Å². The van der Waals surface area contributed by atoms with Crippen LogP contribution in [-0.4, -0.2) is 71.4 Å². The van der Waals surface area contributed by atoms with Crippen LogP contribution in [0.4, 0.5) is 17.6 Å². The first-order chi connectivity index (χ1) is 21.6. The molecule has 0 saturated carbocycles. The quantitative estimate of drug-likeness (QED) is 0.382. The topological polar surface area (TPSA) is 95.0 Å². The van der Waals surface area contributed by atoms with Gasteiger partial charge in [0.1, 0.15) is 11.4 Å². The van der Waals surface area contributed by atoms with Gasteiger partial charge < -0.3 is 20.1 Å². The van der Waals surface area contributed by atoms with Gasteiger partial charge in [-0.05, 0) is 30.5 Å². The smallest absolute Gasteiger partial charge is 0.379 e. The first-order valence-electron chi connectivity index (χ1n) is 15.3. The van der Waals surface area contributed by atoms with Gasteiger partial charge in [0.2, 0.25) is 0 Å². The van der Waals surface area contributed by atoms with Crippen LogP contribution in [0.2, 0.25) is 0 Å². The van der Waals surface area contributed by atoms with Crippen LogP contribution in [0.1, 0.15) is 46.8 Å². The lowest BCUT2D eigenvalue weighted by atomic mass is 9.85. The summed E-state index contributed by atoms with van der Waals surface area (Å²) in [6.45, 7) is 5.13. The van der Waals surface area contributed by atoms with Gasteiger partial charge in [-0.1, -0.05) is 36.4 Å². The van der Waals surface area contributed by atoms with E-state index < -0.39 is 52.6 Å². The van der Waals surface area contributed by atoms with Gasteiger partial charge >= 0.3 is 11.9 Å². The van der Waals surface area contributed by atoms with Crippen molar-refractivity contribution >= 4 is 0 Å². The van der Waals surface area contributed by atoms with Gasteiger partial charge in [0.05, 0.1) is 49.7 Å². The maximum Gasteiger partial charge on any atom is 0.416 e. The summed E-state index contributed by atoms with van der Waals surface area (Å²) in [5.74, 6) is -1.09. The fraction of sp³-hybridized carbons (Fsp3) is 0.500. The Morgan fingerprint density at radius 3 is 2.22 bits per heavy atom. The largest absolute Gasteiger partial charge is 0.416 e. The fourth-order valence-electron chi connectivity index (χ4n) is 6.74. The number of benzene rings is 2. The molecule has 0 bridgehead atoms. The van der Waals surface area contributed by atoms with E-state index in [-0.39, 0.29) is 24.4 Å². The average Bonchev–Trinajstić information content (AvgIpc) is 3.40. The Hall–Kier alpha value is -3.36. The summed E-state index contributed by atoms with van der Waals surface area (Å²) in [7, 11) is 0. The lowest BCUT2D eigenvalue weighted by molar-refractivity contribution is -0.138. The van der Waals surface area contributed by atoms with Crippen molar-refractivity contribution in [2.75, 3.05) is 52.5 Å². The zero-order chi connectivity index (χ0) is 31.8. The molecule has 13 heteroatoms. The maximum absolute atomic E-state index is 15.0. The van der Waals surface area contributed by atoms with Gasteiger partial charge in [-0.25, -0.2) is 9.18 Å². The van der Waals surface area contributed by atoms with Gasteiger partial charge in [-0.3, -0.25) is 18.8 Å². The van der Waals surface area contributed by atoms with Crippen LogP contribution in [0.5, 0.6) is 0 Å². The van der Waals surface area contributed by atoms with Crippen molar-refractivity contribution < 1.29 is 27.0 Å². The van der Waals surface area contributed by atoms with E-state index in [0.717, 1.165) is 53.5 Å². The monoisotopic (exact) mass is 631 g/mol. The molecule has 9 nitrogen and oxygen atoms in total. The summed E-state index contributed by atoms with van der Waals surface area (Å²) in [6.07, 6.45) is -3.91. The summed E-state index contributed by atoms with van der Waals surface area (Å²) in [5.41, 5.74) is 3.26. The minimum absolute atomic E-state index is 0.144. The van der Waals surface area contributed by atoms with E-state index in [1.165, 1.54) is 0 Å². The predicted molar refractivity (Wildman–Crippen MR) is 158 cm³/mol. The van der Waals surface area contributed by atoms with E-state index in [9.17, 15) is 22.8 Å². The summed E-state index contributed by atoms with van der Waals surface area (Å²) in [6, 6.07) is 10.9. The van der Waals surface area contributed by atoms with Gasteiger partial charge in [-0.15, -0.1) is 0 Å². The molecule has 1 aromatic heterocycles. The Labute approximate surface area is 257 Å². The molecule has 2 fully saturated rings. The van der Waals surface area contributed by atoms with Crippen molar-refractivity contribution in [1.29, 1.82) is 0 Å². The van der Waals surface area contributed by atoms with E-state index in [0.29, 0.717) is 44.7 Å². The van der Waals surface area contributed by atoms with Crippen LogP contribution in [0.15, 0.2) is 58.1 Å². The van der Waals surface area contributed by atoms with Crippen LogP contribution < -0.4 is 17.0 Å². The number of hydrogen-bond donors (Lipinski definition) is 1. The minimum atomic E-state index is -4.85. The lowest BCUT2D eigenvalue weighted by Crippen LogP contribution is -2.50. The van der Waals surface area contributed by atoms with E-state index >= 15 is 4.39 Å². The molecule has 3 aliphatic heterocycles. The van der Waals surface area contributed by atoms with Crippen molar-refractivity contribution in [2.45, 2.75) is 50.4 Å². The number of nitrogens with zero attached hydrogens (tertiary/aromatic N) is 4. The second kappa shape index (κ2) is 12.8. The normalized spacial score (nSPS) is 19.6. The van der Waals surface area contributed by atoms with Crippen molar-refractivity contribution in [3.8, 4) is 0 Å². The second-order valence-corrected chi connectivity index (χ2v) is 12.0. The number of rotatable bonds is 8. The Kier molecular flexibility index (Phi) is 8.99.